The molecular weight excluding hydrogens is 448 g/mol. The van der Waals surface area contributed by atoms with Crippen LogP contribution in [0.4, 0.5) is 0 Å². The molecule has 0 aliphatic rings. The normalized spacial score (nSPS) is 12.0. The average Bonchev–Trinajstić information content (AvgIpc) is 2.87. The molecule has 4 aromatic rings. The van der Waals surface area contributed by atoms with Crippen LogP contribution in [0.5, 0.6) is 11.5 Å². The van der Waals surface area contributed by atoms with E-state index in [2.05, 4.69) is 45.0 Å². The van der Waals surface area contributed by atoms with E-state index in [-0.39, 0.29) is 22.1 Å². The molecule has 0 saturated heterocycles. The van der Waals surface area contributed by atoms with E-state index >= 15 is 0 Å². The van der Waals surface area contributed by atoms with E-state index in [1.54, 1.807) is 24.3 Å². The van der Waals surface area contributed by atoms with Crippen LogP contribution in [-0.2, 0) is 0 Å². The van der Waals surface area contributed by atoms with Gasteiger partial charge in [-0.2, -0.15) is 0 Å². The fourth-order valence-corrected chi connectivity index (χ4v) is 8.85. The maximum Gasteiger partial charge on any atom is 0.319 e. The average molecular weight is 479 g/mol. The number of ketones is 1. The van der Waals surface area contributed by atoms with Crippen LogP contribution >= 0.6 is 0 Å². The summed E-state index contributed by atoms with van der Waals surface area (Å²) < 4.78 is 6.93. The number of hydrogen-bond acceptors (Lipinski definition) is 3. The van der Waals surface area contributed by atoms with Crippen molar-refractivity contribution in [2.45, 2.75) is 25.8 Å². The van der Waals surface area contributed by atoms with Gasteiger partial charge in [0.2, 0.25) is 0 Å². The fraction of sp³-hybridized carbons (Fsp3) is 0.129. The number of aromatic hydroxyl groups is 1. The summed E-state index contributed by atoms with van der Waals surface area (Å²) in [5.74, 6) is 0.187. The maximum atomic E-state index is 12.8. The highest BCUT2D eigenvalue weighted by atomic mass is 28.4. The molecular formula is C31H30O3Si. The predicted octanol–water partition coefficient (Wildman–Crippen LogP) is 6.23. The molecule has 176 valence electrons. The molecule has 4 rings (SSSR count). The number of phenolic OH excluding ortho intramolecular Hbond substituents is 1. The molecule has 0 heterocycles. The number of rotatable bonds is 7. The van der Waals surface area contributed by atoms with Crippen LogP contribution in [0.2, 0.25) is 5.04 Å². The van der Waals surface area contributed by atoms with E-state index in [0.29, 0.717) is 5.75 Å². The Balaban J connectivity index is 1.72. The molecule has 1 N–H and O–H groups in total. The van der Waals surface area contributed by atoms with Crippen LogP contribution in [0.15, 0.2) is 115 Å². The number of carbonyl (C=O) groups excluding carboxylic acids is 1. The highest BCUT2D eigenvalue weighted by Crippen LogP contribution is 2.38. The second-order valence-electron chi connectivity index (χ2n) is 9.55. The SMILES string of the molecule is CC(C)(C)[Si](Oc1ccc(C(=O)/C=C/c2ccccc2)c(O)c1)(c1ccccc1)c1ccccc1. The van der Waals surface area contributed by atoms with Gasteiger partial charge >= 0.3 is 8.32 Å². The zero-order valence-corrected chi connectivity index (χ0v) is 21.3. The summed E-state index contributed by atoms with van der Waals surface area (Å²) in [4.78, 5) is 12.8. The topological polar surface area (TPSA) is 46.5 Å². The van der Waals surface area contributed by atoms with Crippen molar-refractivity contribution in [2.24, 2.45) is 0 Å². The van der Waals surface area contributed by atoms with Crippen molar-refractivity contribution in [3.63, 3.8) is 0 Å². The fourth-order valence-electron chi connectivity index (χ4n) is 4.44. The van der Waals surface area contributed by atoms with Gasteiger partial charge in [-0.25, -0.2) is 0 Å². The van der Waals surface area contributed by atoms with Gasteiger partial charge in [0.1, 0.15) is 11.5 Å². The molecule has 0 atom stereocenters. The standard InChI is InChI=1S/C31H30O3Si/c1-31(2,3)35(26-15-9-5-10-16-26,27-17-11-6-12-18-27)34-25-20-21-28(30(33)23-25)29(32)22-19-24-13-7-4-8-14-24/h4-23,33H,1-3H3/b22-19+. The van der Waals surface area contributed by atoms with E-state index in [1.807, 2.05) is 66.7 Å². The Morgan fingerprint density at radius 2 is 1.29 bits per heavy atom. The first-order valence-electron chi connectivity index (χ1n) is 11.7. The van der Waals surface area contributed by atoms with Crippen molar-refractivity contribution < 1.29 is 14.3 Å². The van der Waals surface area contributed by atoms with Crippen molar-refractivity contribution in [2.75, 3.05) is 0 Å². The zero-order valence-electron chi connectivity index (χ0n) is 20.3. The van der Waals surface area contributed by atoms with Crippen molar-refractivity contribution in [1.82, 2.24) is 0 Å². The van der Waals surface area contributed by atoms with Gasteiger partial charge in [-0.15, -0.1) is 0 Å². The summed E-state index contributed by atoms with van der Waals surface area (Å²) in [5, 5.41) is 12.9. The lowest BCUT2D eigenvalue weighted by Gasteiger charge is -2.43. The molecule has 0 unspecified atom stereocenters. The number of hydrogen-bond donors (Lipinski definition) is 1. The Kier molecular flexibility index (Phi) is 7.04. The number of allylic oxidation sites excluding steroid dienone is 1. The van der Waals surface area contributed by atoms with Gasteiger partial charge in [0, 0.05) is 6.07 Å². The van der Waals surface area contributed by atoms with Gasteiger partial charge < -0.3 is 9.53 Å². The Labute approximate surface area is 208 Å². The second kappa shape index (κ2) is 10.2. The van der Waals surface area contributed by atoms with Crippen LogP contribution < -0.4 is 14.8 Å². The summed E-state index contributed by atoms with van der Waals surface area (Å²) in [6, 6.07) is 35.2. The zero-order chi connectivity index (χ0) is 24.9. The first-order chi connectivity index (χ1) is 16.8. The Bertz CT molecular complexity index is 1270. The second-order valence-corrected chi connectivity index (χ2v) is 13.8. The quantitative estimate of drug-likeness (QED) is 0.195. The van der Waals surface area contributed by atoms with Crippen LogP contribution in [0.3, 0.4) is 0 Å². The minimum absolute atomic E-state index is 0.0943. The smallest absolute Gasteiger partial charge is 0.319 e. The van der Waals surface area contributed by atoms with Crippen molar-refractivity contribution in [1.29, 1.82) is 0 Å². The third-order valence-corrected chi connectivity index (χ3v) is 11.1. The molecule has 0 radical (unpaired) electrons. The molecule has 4 aromatic carbocycles. The molecule has 0 saturated carbocycles. The third kappa shape index (κ3) is 5.13. The van der Waals surface area contributed by atoms with Crippen LogP contribution in [0, 0.1) is 0 Å². The lowest BCUT2D eigenvalue weighted by molar-refractivity contribution is 0.104. The van der Waals surface area contributed by atoms with Gasteiger partial charge in [0.25, 0.3) is 0 Å². The maximum absolute atomic E-state index is 12.8. The van der Waals surface area contributed by atoms with Crippen LogP contribution in [0.25, 0.3) is 6.08 Å². The van der Waals surface area contributed by atoms with Gasteiger partial charge in [-0.05, 0) is 39.2 Å². The molecule has 0 aromatic heterocycles. The monoisotopic (exact) mass is 478 g/mol. The number of phenols is 1. The summed E-state index contributed by atoms with van der Waals surface area (Å²) in [5.41, 5.74) is 1.17. The van der Waals surface area contributed by atoms with Crippen molar-refractivity contribution in [3.05, 3.63) is 126 Å². The highest BCUT2D eigenvalue weighted by molar-refractivity contribution is 7.00. The minimum atomic E-state index is -2.83. The number of benzene rings is 4. The van der Waals surface area contributed by atoms with E-state index in [9.17, 15) is 9.90 Å². The molecule has 0 bridgehead atoms. The van der Waals surface area contributed by atoms with E-state index in [4.69, 9.17) is 4.43 Å². The Morgan fingerprint density at radius 3 is 1.77 bits per heavy atom. The molecule has 35 heavy (non-hydrogen) atoms. The van der Waals surface area contributed by atoms with E-state index in [1.165, 1.54) is 6.08 Å². The molecule has 4 heteroatoms. The first-order valence-corrected chi connectivity index (χ1v) is 13.6. The van der Waals surface area contributed by atoms with Crippen molar-refractivity contribution in [3.8, 4) is 11.5 Å². The summed E-state index contributed by atoms with van der Waals surface area (Å²) in [6.45, 7) is 6.60. The van der Waals surface area contributed by atoms with Gasteiger partial charge in [0.15, 0.2) is 5.78 Å². The largest absolute Gasteiger partial charge is 0.534 e. The van der Waals surface area contributed by atoms with Gasteiger partial charge in [-0.3, -0.25) is 4.79 Å². The predicted molar refractivity (Wildman–Crippen MR) is 146 cm³/mol. The van der Waals surface area contributed by atoms with Crippen LogP contribution in [-0.4, -0.2) is 19.2 Å². The lowest BCUT2D eigenvalue weighted by atomic mass is 10.1. The minimum Gasteiger partial charge on any atom is -0.534 e. The van der Waals surface area contributed by atoms with Gasteiger partial charge in [-0.1, -0.05) is 118 Å². The first kappa shape index (κ1) is 24.2. The molecule has 3 nitrogen and oxygen atoms in total. The molecule has 0 fully saturated rings. The van der Waals surface area contributed by atoms with E-state index < -0.39 is 8.32 Å². The molecule has 0 aliphatic heterocycles. The van der Waals surface area contributed by atoms with Crippen LogP contribution in [0.1, 0.15) is 36.7 Å². The summed E-state index contributed by atoms with van der Waals surface area (Å²) >= 11 is 0. The highest BCUT2D eigenvalue weighted by Gasteiger charge is 2.52. The third-order valence-electron chi connectivity index (χ3n) is 6.15. The Morgan fingerprint density at radius 1 is 0.771 bits per heavy atom. The molecule has 0 spiro atoms. The summed E-state index contributed by atoms with van der Waals surface area (Å²) in [6.07, 6.45) is 3.22. The van der Waals surface area contributed by atoms with Crippen molar-refractivity contribution >= 4 is 30.6 Å². The molecule has 0 amide bonds. The van der Waals surface area contributed by atoms with Gasteiger partial charge in [0.05, 0.1) is 5.56 Å². The number of carbonyl (C=O) groups is 1. The Hall–Kier alpha value is -3.89. The summed E-state index contributed by atoms with van der Waals surface area (Å²) in [7, 11) is -2.83. The molecule has 0 aliphatic carbocycles. The lowest BCUT2D eigenvalue weighted by Crippen LogP contribution is -2.68. The van der Waals surface area contributed by atoms with E-state index in [0.717, 1.165) is 15.9 Å².